The Hall–Kier alpha value is -0.580. The van der Waals surface area contributed by atoms with Crippen LogP contribution in [0.15, 0.2) is 18.3 Å². The summed E-state index contributed by atoms with van der Waals surface area (Å²) in [5.74, 6) is 0. The summed E-state index contributed by atoms with van der Waals surface area (Å²) in [6, 6.07) is 4.14. The average molecular weight is 272 g/mol. The van der Waals surface area contributed by atoms with E-state index in [0.717, 1.165) is 5.52 Å². The van der Waals surface area contributed by atoms with Gasteiger partial charge >= 0.3 is 0 Å². The Morgan fingerprint density at radius 1 is 1.50 bits per heavy atom. The van der Waals surface area contributed by atoms with Crippen molar-refractivity contribution in [3.05, 3.63) is 27.6 Å². The molecule has 0 aromatic carbocycles. The highest BCUT2D eigenvalue weighted by Crippen LogP contribution is 2.20. The Morgan fingerprint density at radius 3 is 2.92 bits per heavy atom. The van der Waals surface area contributed by atoms with Crippen LogP contribution < -0.4 is 0 Å². The Morgan fingerprint density at radius 2 is 2.25 bits per heavy atom. The van der Waals surface area contributed by atoms with Gasteiger partial charge in [-0.25, -0.2) is 0 Å². The Balaban J connectivity index is 2.97. The van der Waals surface area contributed by atoms with E-state index < -0.39 is 0 Å². The normalized spacial score (nSPS) is 10.9. The van der Waals surface area contributed by atoms with E-state index in [1.165, 1.54) is 14.8 Å². The molecule has 62 valence electrons. The number of hydrogen-bond donors (Lipinski definition) is 0. The highest BCUT2D eigenvalue weighted by Gasteiger charge is 2.05. The maximum absolute atomic E-state index is 4.30. The molecule has 0 aliphatic heterocycles. The minimum absolute atomic E-state index is 1.09. The van der Waals surface area contributed by atoms with E-state index in [0.29, 0.717) is 0 Å². The van der Waals surface area contributed by atoms with Crippen molar-refractivity contribution in [2.75, 3.05) is 0 Å². The molecule has 0 spiro atoms. The summed E-state index contributed by atoms with van der Waals surface area (Å²) in [5.41, 5.74) is 3.61. The first-order valence-corrected chi connectivity index (χ1v) is 4.84. The van der Waals surface area contributed by atoms with Gasteiger partial charge in [-0.05, 0) is 47.2 Å². The highest BCUT2D eigenvalue weighted by atomic mass is 127. The zero-order valence-corrected chi connectivity index (χ0v) is 9.16. The monoisotopic (exact) mass is 272 g/mol. The van der Waals surface area contributed by atoms with Crippen LogP contribution >= 0.6 is 22.6 Å². The molecule has 2 rings (SSSR count). The summed E-state index contributed by atoms with van der Waals surface area (Å²) in [4.78, 5) is 4.30. The lowest BCUT2D eigenvalue weighted by Crippen LogP contribution is -1.91. The van der Waals surface area contributed by atoms with Crippen LogP contribution in [-0.4, -0.2) is 9.55 Å². The van der Waals surface area contributed by atoms with Crippen molar-refractivity contribution >= 4 is 33.6 Å². The van der Waals surface area contributed by atoms with E-state index in [9.17, 15) is 0 Å². The van der Waals surface area contributed by atoms with Crippen LogP contribution in [-0.2, 0) is 7.05 Å². The van der Waals surface area contributed by atoms with Crippen LogP contribution in [0.3, 0.4) is 0 Å². The van der Waals surface area contributed by atoms with Gasteiger partial charge in [-0.15, -0.1) is 0 Å². The maximum atomic E-state index is 4.30. The molecule has 0 saturated heterocycles. The zero-order valence-electron chi connectivity index (χ0n) is 7.00. The predicted molar refractivity (Wildman–Crippen MR) is 58.2 cm³/mol. The Labute approximate surface area is 84.7 Å². The SMILES string of the molecule is Cc1ccnc2cc(I)n(C)c12. The van der Waals surface area contributed by atoms with Gasteiger partial charge in [-0.2, -0.15) is 0 Å². The van der Waals surface area contributed by atoms with Crippen LogP contribution in [0.4, 0.5) is 0 Å². The number of nitrogens with zero attached hydrogens (tertiary/aromatic N) is 2. The molecule has 0 unspecified atom stereocenters. The van der Waals surface area contributed by atoms with E-state index >= 15 is 0 Å². The van der Waals surface area contributed by atoms with Gasteiger partial charge < -0.3 is 4.57 Å². The van der Waals surface area contributed by atoms with Crippen molar-refractivity contribution in [2.45, 2.75) is 6.92 Å². The lowest BCUT2D eigenvalue weighted by atomic mass is 10.2. The van der Waals surface area contributed by atoms with Crippen molar-refractivity contribution in [1.82, 2.24) is 9.55 Å². The second-order valence-electron chi connectivity index (χ2n) is 2.89. The maximum Gasteiger partial charge on any atom is 0.0894 e. The van der Waals surface area contributed by atoms with Gasteiger partial charge in [0.2, 0.25) is 0 Å². The molecule has 0 N–H and O–H groups in total. The van der Waals surface area contributed by atoms with Gasteiger partial charge in [-0.3, -0.25) is 4.98 Å². The smallest absolute Gasteiger partial charge is 0.0894 e. The van der Waals surface area contributed by atoms with Crippen LogP contribution in [0.5, 0.6) is 0 Å². The summed E-state index contributed by atoms with van der Waals surface area (Å²) in [7, 11) is 2.07. The molecule has 0 amide bonds. The summed E-state index contributed by atoms with van der Waals surface area (Å²) >= 11 is 2.32. The fourth-order valence-corrected chi connectivity index (χ4v) is 1.97. The molecule has 3 heteroatoms. The van der Waals surface area contributed by atoms with Crippen molar-refractivity contribution < 1.29 is 0 Å². The van der Waals surface area contributed by atoms with Gasteiger partial charge in [0, 0.05) is 13.2 Å². The third-order valence-electron chi connectivity index (χ3n) is 2.07. The molecule has 0 atom stereocenters. The number of hydrogen-bond acceptors (Lipinski definition) is 1. The molecule has 2 aromatic rings. The zero-order chi connectivity index (χ0) is 8.72. The molecule has 0 bridgehead atoms. The standard InChI is InChI=1S/C9H9IN2/c1-6-3-4-11-7-5-8(10)12(2)9(6)7/h3-5H,1-2H3. The molecule has 2 nitrogen and oxygen atoms in total. The third-order valence-corrected chi connectivity index (χ3v) is 3.10. The minimum Gasteiger partial charge on any atom is -0.338 e. The fourth-order valence-electron chi connectivity index (χ4n) is 1.43. The van der Waals surface area contributed by atoms with E-state index in [1.807, 2.05) is 12.3 Å². The van der Waals surface area contributed by atoms with E-state index in [2.05, 4.69) is 52.2 Å². The van der Waals surface area contributed by atoms with E-state index in [4.69, 9.17) is 0 Å². The number of fused-ring (bicyclic) bond motifs is 1. The van der Waals surface area contributed by atoms with Gasteiger partial charge in [0.25, 0.3) is 0 Å². The molecule has 2 heterocycles. The molecule has 12 heavy (non-hydrogen) atoms. The van der Waals surface area contributed by atoms with E-state index in [1.54, 1.807) is 0 Å². The lowest BCUT2D eigenvalue weighted by Gasteiger charge is -1.99. The lowest BCUT2D eigenvalue weighted by molar-refractivity contribution is 0.933. The number of rotatable bonds is 0. The second kappa shape index (κ2) is 2.73. The molecule has 0 aliphatic rings. The largest absolute Gasteiger partial charge is 0.338 e. The summed E-state index contributed by atoms with van der Waals surface area (Å²) in [6.45, 7) is 2.11. The van der Waals surface area contributed by atoms with Crippen LogP contribution in [0.25, 0.3) is 11.0 Å². The first-order chi connectivity index (χ1) is 5.70. The Bertz CT molecular complexity index is 431. The van der Waals surface area contributed by atoms with Gasteiger partial charge in [-0.1, -0.05) is 0 Å². The summed E-state index contributed by atoms with van der Waals surface area (Å²) in [5, 5.41) is 0. The molecule has 0 radical (unpaired) electrons. The molecular formula is C9H9IN2. The molecule has 0 aliphatic carbocycles. The summed E-state index contributed by atoms with van der Waals surface area (Å²) < 4.78 is 3.39. The highest BCUT2D eigenvalue weighted by molar-refractivity contribution is 14.1. The third kappa shape index (κ3) is 1.03. The van der Waals surface area contributed by atoms with Crippen molar-refractivity contribution in [3.63, 3.8) is 0 Å². The fraction of sp³-hybridized carbons (Fsp3) is 0.222. The number of halogens is 1. The predicted octanol–water partition coefficient (Wildman–Crippen LogP) is 2.49. The summed E-state index contributed by atoms with van der Waals surface area (Å²) in [6.07, 6.45) is 1.85. The van der Waals surface area contributed by atoms with E-state index in [-0.39, 0.29) is 0 Å². The Kier molecular flexibility index (Phi) is 1.83. The van der Waals surface area contributed by atoms with Gasteiger partial charge in [0.1, 0.15) is 0 Å². The molecule has 0 fully saturated rings. The topological polar surface area (TPSA) is 17.8 Å². The number of pyridine rings is 1. The minimum atomic E-state index is 1.09. The van der Waals surface area contributed by atoms with Gasteiger partial charge in [0.15, 0.2) is 0 Å². The second-order valence-corrected chi connectivity index (χ2v) is 3.99. The van der Waals surface area contributed by atoms with Gasteiger partial charge in [0.05, 0.1) is 14.7 Å². The van der Waals surface area contributed by atoms with Crippen molar-refractivity contribution in [3.8, 4) is 0 Å². The van der Waals surface area contributed by atoms with Crippen LogP contribution in [0.1, 0.15) is 5.56 Å². The first-order valence-electron chi connectivity index (χ1n) is 3.76. The van der Waals surface area contributed by atoms with Crippen molar-refractivity contribution in [2.24, 2.45) is 7.05 Å². The quantitative estimate of drug-likeness (QED) is 0.674. The molecule has 0 saturated carbocycles. The number of aromatic nitrogens is 2. The average Bonchev–Trinajstić information content (AvgIpc) is 2.29. The van der Waals surface area contributed by atoms with Crippen LogP contribution in [0, 0.1) is 10.6 Å². The van der Waals surface area contributed by atoms with Crippen molar-refractivity contribution in [1.29, 1.82) is 0 Å². The molecule has 2 aromatic heterocycles. The molecular weight excluding hydrogens is 263 g/mol. The number of aryl methyl sites for hydroxylation is 2. The van der Waals surface area contributed by atoms with Crippen LogP contribution in [0.2, 0.25) is 0 Å². The first kappa shape index (κ1) is 8.04.